The maximum Gasteiger partial charge on any atom is 0.332 e. The van der Waals surface area contributed by atoms with Gasteiger partial charge in [-0.25, -0.2) is 19.3 Å². The maximum atomic E-state index is 12.9. The van der Waals surface area contributed by atoms with Crippen molar-refractivity contribution in [2.45, 2.75) is 32.0 Å². The fraction of sp³-hybridized carbons (Fsp3) is 0.292. The lowest BCUT2D eigenvalue weighted by Gasteiger charge is -2.08. The van der Waals surface area contributed by atoms with Crippen LogP contribution in [0.15, 0.2) is 57.5 Å². The van der Waals surface area contributed by atoms with Crippen molar-refractivity contribution < 1.29 is 0 Å². The Kier molecular flexibility index (Phi) is 5.60. The standard InChI is InChI=1S/C24H25N7O2S/c1-15-13-16(2)27-31-19(15)18(17-9-6-5-7-10-17)26-23(31)34-12-8-11-30-22(32)20-21(25-14-28(20)3)29(4)24(30)33/h5-7,9-10,13-14H,8,11-12H2,1-4H3. The average molecular weight is 476 g/mol. The van der Waals surface area contributed by atoms with Crippen molar-refractivity contribution in [1.29, 1.82) is 0 Å². The van der Waals surface area contributed by atoms with E-state index >= 15 is 0 Å². The second kappa shape index (κ2) is 8.60. The molecule has 34 heavy (non-hydrogen) atoms. The highest BCUT2D eigenvalue weighted by molar-refractivity contribution is 7.99. The second-order valence-electron chi connectivity index (χ2n) is 8.37. The predicted octanol–water partition coefficient (Wildman–Crippen LogP) is 2.94. The van der Waals surface area contributed by atoms with Crippen LogP contribution in [0, 0.1) is 13.8 Å². The number of aromatic nitrogens is 7. The van der Waals surface area contributed by atoms with Gasteiger partial charge in [0.05, 0.1) is 23.2 Å². The normalized spacial score (nSPS) is 11.6. The largest absolute Gasteiger partial charge is 0.332 e. The fourth-order valence-electron chi connectivity index (χ4n) is 4.28. The first-order chi connectivity index (χ1) is 16.4. The zero-order valence-electron chi connectivity index (χ0n) is 19.5. The lowest BCUT2D eigenvalue weighted by Crippen LogP contribution is -2.39. The SMILES string of the molecule is Cc1cc(C)c2c(-c3ccccc3)nc(SCCCn3c(=O)c4c(ncn4C)n(C)c3=O)n2n1. The molecule has 1 aromatic carbocycles. The van der Waals surface area contributed by atoms with Gasteiger partial charge in [0.1, 0.15) is 0 Å². The van der Waals surface area contributed by atoms with Crippen LogP contribution in [-0.4, -0.2) is 39.0 Å². The van der Waals surface area contributed by atoms with Crippen LogP contribution in [0.4, 0.5) is 0 Å². The summed E-state index contributed by atoms with van der Waals surface area (Å²) in [6.07, 6.45) is 2.18. The molecule has 0 saturated carbocycles. The second-order valence-corrected chi connectivity index (χ2v) is 9.43. The molecule has 9 nitrogen and oxygen atoms in total. The Morgan fingerprint density at radius 2 is 1.79 bits per heavy atom. The number of benzene rings is 1. The summed E-state index contributed by atoms with van der Waals surface area (Å²) in [5.74, 6) is 0.682. The molecule has 0 saturated heterocycles. The van der Waals surface area contributed by atoms with Crippen LogP contribution in [0.25, 0.3) is 27.9 Å². The molecule has 0 aliphatic heterocycles. The Balaban J connectivity index is 1.42. The number of hydrogen-bond acceptors (Lipinski definition) is 6. The molecule has 0 radical (unpaired) electrons. The number of hydrogen-bond donors (Lipinski definition) is 0. The third kappa shape index (κ3) is 3.63. The monoisotopic (exact) mass is 475 g/mol. The van der Waals surface area contributed by atoms with Gasteiger partial charge in [0.15, 0.2) is 16.3 Å². The molecule has 5 aromatic rings. The molecule has 5 rings (SSSR count). The average Bonchev–Trinajstić information content (AvgIpc) is 3.39. The minimum absolute atomic E-state index is 0.311. The summed E-state index contributed by atoms with van der Waals surface area (Å²) in [5.41, 5.74) is 5.13. The van der Waals surface area contributed by atoms with E-state index in [-0.39, 0.29) is 11.2 Å². The van der Waals surface area contributed by atoms with Gasteiger partial charge in [0, 0.05) is 32.0 Å². The van der Waals surface area contributed by atoms with Gasteiger partial charge >= 0.3 is 5.69 Å². The maximum absolute atomic E-state index is 12.9. The molecule has 0 N–H and O–H groups in total. The van der Waals surface area contributed by atoms with Crippen LogP contribution in [-0.2, 0) is 20.6 Å². The minimum Gasteiger partial charge on any atom is -0.328 e. The van der Waals surface area contributed by atoms with Crippen molar-refractivity contribution in [2.24, 2.45) is 14.1 Å². The third-order valence-electron chi connectivity index (χ3n) is 5.89. The Bertz CT molecular complexity index is 1640. The van der Waals surface area contributed by atoms with Crippen LogP contribution in [0.5, 0.6) is 0 Å². The number of imidazole rings is 2. The summed E-state index contributed by atoms with van der Waals surface area (Å²) in [7, 11) is 3.40. The van der Waals surface area contributed by atoms with Crippen molar-refractivity contribution in [3.8, 4) is 11.3 Å². The van der Waals surface area contributed by atoms with E-state index in [0.29, 0.717) is 29.9 Å². The van der Waals surface area contributed by atoms with Crippen molar-refractivity contribution in [2.75, 3.05) is 5.75 Å². The number of aryl methyl sites for hydroxylation is 4. The molecule has 0 bridgehead atoms. The van der Waals surface area contributed by atoms with Crippen molar-refractivity contribution >= 4 is 28.4 Å². The number of thioether (sulfide) groups is 1. The van der Waals surface area contributed by atoms with Crippen molar-refractivity contribution in [3.63, 3.8) is 0 Å². The summed E-state index contributed by atoms with van der Waals surface area (Å²) in [6.45, 7) is 4.36. The summed E-state index contributed by atoms with van der Waals surface area (Å²) in [4.78, 5) is 34.7. The zero-order valence-corrected chi connectivity index (χ0v) is 20.3. The predicted molar refractivity (Wildman–Crippen MR) is 133 cm³/mol. The van der Waals surface area contributed by atoms with Crippen molar-refractivity contribution in [1.82, 2.24) is 33.3 Å². The van der Waals surface area contributed by atoms with Gasteiger partial charge in [-0.05, 0) is 31.9 Å². The molecule has 4 heterocycles. The summed E-state index contributed by atoms with van der Waals surface area (Å²) < 4.78 is 6.27. The minimum atomic E-state index is -0.355. The summed E-state index contributed by atoms with van der Waals surface area (Å²) >= 11 is 1.57. The van der Waals surface area contributed by atoms with E-state index in [9.17, 15) is 9.59 Å². The molecule has 0 spiro atoms. The van der Waals surface area contributed by atoms with E-state index in [1.807, 2.05) is 41.8 Å². The first-order valence-electron chi connectivity index (χ1n) is 11.0. The van der Waals surface area contributed by atoms with Crippen molar-refractivity contribution in [3.05, 3.63) is 74.8 Å². The van der Waals surface area contributed by atoms with E-state index in [0.717, 1.165) is 33.2 Å². The lowest BCUT2D eigenvalue weighted by molar-refractivity contribution is 0.594. The van der Waals surface area contributed by atoms with Gasteiger partial charge in [-0.15, -0.1) is 0 Å². The first-order valence-corrected chi connectivity index (χ1v) is 12.0. The Hall–Kier alpha value is -3.66. The smallest absolute Gasteiger partial charge is 0.328 e. The molecule has 0 amide bonds. The molecule has 0 unspecified atom stereocenters. The van der Waals surface area contributed by atoms with E-state index in [1.165, 1.54) is 9.13 Å². The highest BCUT2D eigenvalue weighted by atomic mass is 32.2. The first kappa shape index (κ1) is 22.1. The van der Waals surface area contributed by atoms with Gasteiger partial charge in [-0.3, -0.25) is 13.9 Å². The quantitative estimate of drug-likeness (QED) is 0.277. The van der Waals surface area contributed by atoms with Gasteiger partial charge < -0.3 is 4.57 Å². The molecular formula is C24H25N7O2S. The fourth-order valence-corrected chi connectivity index (χ4v) is 5.14. The molecule has 4 aromatic heterocycles. The highest BCUT2D eigenvalue weighted by Crippen LogP contribution is 2.31. The van der Waals surface area contributed by atoms with Gasteiger partial charge in [0.25, 0.3) is 5.56 Å². The third-order valence-corrected chi connectivity index (χ3v) is 6.90. The molecule has 0 atom stereocenters. The van der Waals surface area contributed by atoms with Crippen LogP contribution in [0.2, 0.25) is 0 Å². The number of fused-ring (bicyclic) bond motifs is 2. The Morgan fingerprint density at radius 3 is 2.56 bits per heavy atom. The summed E-state index contributed by atoms with van der Waals surface area (Å²) in [5, 5.41) is 5.51. The molecule has 10 heteroatoms. The van der Waals surface area contributed by atoms with Crippen LogP contribution < -0.4 is 11.2 Å². The highest BCUT2D eigenvalue weighted by Gasteiger charge is 2.18. The molecule has 174 valence electrons. The topological polar surface area (TPSA) is 92.0 Å². The number of nitrogens with zero attached hydrogens (tertiary/aromatic N) is 7. The number of rotatable bonds is 6. The van der Waals surface area contributed by atoms with Gasteiger partial charge in [0.2, 0.25) is 0 Å². The van der Waals surface area contributed by atoms with Gasteiger partial charge in [-0.2, -0.15) is 5.10 Å². The van der Waals surface area contributed by atoms with Crippen LogP contribution in [0.1, 0.15) is 17.7 Å². The Labute approximate surface area is 199 Å². The molecule has 0 fully saturated rings. The van der Waals surface area contributed by atoms with E-state index in [4.69, 9.17) is 10.1 Å². The molecule has 0 aliphatic rings. The van der Waals surface area contributed by atoms with E-state index < -0.39 is 0 Å². The molecular weight excluding hydrogens is 450 g/mol. The molecule has 0 aliphatic carbocycles. The lowest BCUT2D eigenvalue weighted by atomic mass is 10.1. The van der Waals surface area contributed by atoms with Crippen LogP contribution in [0.3, 0.4) is 0 Å². The summed E-state index contributed by atoms with van der Waals surface area (Å²) in [6, 6.07) is 12.2. The Morgan fingerprint density at radius 1 is 1.03 bits per heavy atom. The van der Waals surface area contributed by atoms with Gasteiger partial charge in [-0.1, -0.05) is 42.1 Å². The van der Waals surface area contributed by atoms with Crippen LogP contribution >= 0.6 is 11.8 Å². The zero-order chi connectivity index (χ0) is 24.0. The van der Waals surface area contributed by atoms with E-state index in [2.05, 4.69) is 18.0 Å². The van der Waals surface area contributed by atoms with E-state index in [1.54, 1.807) is 36.8 Å².